The topological polar surface area (TPSA) is 221 Å². The third-order valence-corrected chi connectivity index (χ3v) is 8.14. The van der Waals surface area contributed by atoms with Gasteiger partial charge in [0.15, 0.2) is 5.78 Å². The average molecular weight is 600 g/mol. The molecule has 0 bridgehead atoms. The Kier molecular flexibility index (Phi) is 9.23. The summed E-state index contributed by atoms with van der Waals surface area (Å²) < 4.78 is 11.5. The lowest BCUT2D eigenvalue weighted by Gasteiger charge is -2.41. The Morgan fingerprint density at radius 2 is 1.84 bits per heavy atom. The summed E-state index contributed by atoms with van der Waals surface area (Å²) >= 11 is 0. The molecule has 2 aliphatic rings. The van der Waals surface area contributed by atoms with Crippen molar-refractivity contribution in [2.24, 2.45) is 16.8 Å². The number of ketones is 2. The lowest BCUT2D eigenvalue weighted by atomic mass is 9.71. The Morgan fingerprint density at radius 1 is 1.16 bits per heavy atom. The number of nitrogens with two attached hydrogens (primary N) is 1. The van der Waals surface area contributed by atoms with Crippen LogP contribution >= 0.6 is 0 Å². The highest BCUT2D eigenvalue weighted by atomic mass is 16.5. The molecule has 8 N–H and O–H groups in total. The van der Waals surface area contributed by atoms with E-state index in [0.717, 1.165) is 0 Å². The van der Waals surface area contributed by atoms with E-state index in [2.05, 4.69) is 5.10 Å². The van der Waals surface area contributed by atoms with Crippen LogP contribution in [0.4, 0.5) is 0 Å². The number of rotatable bonds is 11. The summed E-state index contributed by atoms with van der Waals surface area (Å²) in [5.74, 6) is -2.78. The Balaban J connectivity index is 1.90. The minimum absolute atomic E-state index is 0.0362. The van der Waals surface area contributed by atoms with Gasteiger partial charge in [0.1, 0.15) is 22.8 Å². The molecule has 232 valence electrons. The van der Waals surface area contributed by atoms with Gasteiger partial charge in [0.2, 0.25) is 12.2 Å². The molecule has 3 unspecified atom stereocenters. The van der Waals surface area contributed by atoms with Gasteiger partial charge < -0.3 is 40.7 Å². The third kappa shape index (κ3) is 5.61. The first kappa shape index (κ1) is 32.0. The number of aliphatic hydroxyl groups excluding tert-OH is 2. The van der Waals surface area contributed by atoms with E-state index in [0.29, 0.717) is 0 Å². The lowest BCUT2D eigenvalue weighted by Crippen LogP contribution is -2.48. The van der Waals surface area contributed by atoms with Gasteiger partial charge in [-0.3, -0.25) is 14.4 Å². The minimum Gasteiger partial charge on any atom is -0.507 e. The van der Waals surface area contributed by atoms with Gasteiger partial charge in [-0.15, -0.1) is 0 Å². The summed E-state index contributed by atoms with van der Waals surface area (Å²) in [5.41, 5.74) is 4.80. The van der Waals surface area contributed by atoms with Gasteiger partial charge in [-0.25, -0.2) is 5.43 Å². The SMILES string of the molecule is COc1cccc2c1C(=O)c1c(O)c3c(c(O)c1C2=O)C[C@@](O)(/C(CO)=N/NC=O)C[C@@H]3OC(C)CC(N)C(O)C(C)C. The fourth-order valence-electron chi connectivity index (χ4n) is 6.00. The van der Waals surface area contributed by atoms with Gasteiger partial charge in [0.05, 0.1) is 54.4 Å². The average Bonchev–Trinajstić information content (AvgIpc) is 2.96. The monoisotopic (exact) mass is 599 g/mol. The van der Waals surface area contributed by atoms with Crippen molar-refractivity contribution in [3.05, 3.63) is 51.6 Å². The summed E-state index contributed by atoms with van der Waals surface area (Å²) in [6, 6.07) is 3.72. The summed E-state index contributed by atoms with van der Waals surface area (Å²) in [7, 11) is 1.33. The molecule has 1 amide bonds. The zero-order valence-corrected chi connectivity index (χ0v) is 24.3. The van der Waals surface area contributed by atoms with E-state index < -0.39 is 77.2 Å². The van der Waals surface area contributed by atoms with E-state index in [9.17, 15) is 39.9 Å². The second-order valence-corrected chi connectivity index (χ2v) is 11.3. The number of ether oxygens (including phenoxy) is 2. The zero-order chi connectivity index (χ0) is 31.8. The van der Waals surface area contributed by atoms with Crippen molar-refractivity contribution in [3.63, 3.8) is 0 Å². The number of methoxy groups -OCH3 is 1. The molecule has 0 radical (unpaired) electrons. The second kappa shape index (κ2) is 12.4. The van der Waals surface area contributed by atoms with Crippen molar-refractivity contribution in [2.75, 3.05) is 13.7 Å². The fraction of sp³-hybridized carbons (Fsp3) is 0.467. The number of carbonyl (C=O) groups is 3. The predicted octanol–water partition coefficient (Wildman–Crippen LogP) is 0.834. The predicted molar refractivity (Wildman–Crippen MR) is 153 cm³/mol. The maximum Gasteiger partial charge on any atom is 0.227 e. The van der Waals surface area contributed by atoms with Gasteiger partial charge >= 0.3 is 0 Å². The molecule has 2 aromatic rings. The van der Waals surface area contributed by atoms with Gasteiger partial charge in [-0.2, -0.15) is 5.10 Å². The van der Waals surface area contributed by atoms with Gasteiger partial charge in [0, 0.05) is 35.6 Å². The van der Waals surface area contributed by atoms with Crippen LogP contribution in [0, 0.1) is 5.92 Å². The molecule has 0 saturated heterocycles. The van der Waals surface area contributed by atoms with Crippen LogP contribution in [0.15, 0.2) is 23.3 Å². The zero-order valence-electron chi connectivity index (χ0n) is 24.3. The maximum absolute atomic E-state index is 13.8. The Bertz CT molecular complexity index is 1470. The first-order valence-corrected chi connectivity index (χ1v) is 13.9. The molecule has 13 nitrogen and oxygen atoms in total. The van der Waals surface area contributed by atoms with Crippen LogP contribution < -0.4 is 15.9 Å². The van der Waals surface area contributed by atoms with Crippen LogP contribution in [0.1, 0.15) is 82.7 Å². The molecule has 0 spiro atoms. The highest BCUT2D eigenvalue weighted by Crippen LogP contribution is 2.52. The number of hydrazone groups is 1. The molecule has 2 aromatic carbocycles. The van der Waals surface area contributed by atoms with Crippen molar-refractivity contribution < 1.29 is 49.4 Å². The molecule has 0 heterocycles. The number of hydrogen-bond acceptors (Lipinski definition) is 12. The molecule has 0 aromatic heterocycles. The number of nitrogens with zero attached hydrogens (tertiary/aromatic N) is 1. The number of benzene rings is 2. The number of phenolic OH excluding ortho intramolecular Hbond substituents is 2. The van der Waals surface area contributed by atoms with Crippen molar-refractivity contribution in [3.8, 4) is 17.2 Å². The van der Waals surface area contributed by atoms with E-state index in [4.69, 9.17) is 15.2 Å². The first-order chi connectivity index (χ1) is 20.3. The van der Waals surface area contributed by atoms with E-state index in [1.165, 1.54) is 25.3 Å². The molecule has 0 saturated carbocycles. The van der Waals surface area contributed by atoms with E-state index in [-0.39, 0.29) is 58.9 Å². The normalized spacial score (nSPS) is 21.9. The molecule has 0 fully saturated rings. The second-order valence-electron chi connectivity index (χ2n) is 11.3. The number of aliphatic hydroxyl groups is 3. The van der Waals surface area contributed by atoms with Crippen molar-refractivity contribution in [1.29, 1.82) is 0 Å². The van der Waals surface area contributed by atoms with Crippen LogP contribution in [0.2, 0.25) is 0 Å². The molecule has 2 aliphatic carbocycles. The molecule has 43 heavy (non-hydrogen) atoms. The minimum atomic E-state index is -2.03. The number of aromatic hydroxyl groups is 2. The summed E-state index contributed by atoms with van der Waals surface area (Å²) in [6.07, 6.45) is -3.13. The van der Waals surface area contributed by atoms with E-state index in [1.807, 2.05) is 19.3 Å². The number of hydrogen-bond donors (Lipinski definition) is 7. The quantitative estimate of drug-likeness (QED) is 0.0708. The molecule has 13 heteroatoms. The number of amides is 1. The van der Waals surface area contributed by atoms with Crippen molar-refractivity contribution >= 4 is 23.7 Å². The van der Waals surface area contributed by atoms with Crippen molar-refractivity contribution in [2.45, 2.75) is 70.0 Å². The highest BCUT2D eigenvalue weighted by molar-refractivity contribution is 6.31. The molecular weight excluding hydrogens is 562 g/mol. The van der Waals surface area contributed by atoms with E-state index in [1.54, 1.807) is 6.92 Å². The van der Waals surface area contributed by atoms with Gasteiger partial charge in [-0.05, 0) is 25.3 Å². The number of phenols is 2. The summed E-state index contributed by atoms with van der Waals surface area (Å²) in [6.45, 7) is 4.50. The van der Waals surface area contributed by atoms with E-state index >= 15 is 0 Å². The Hall–Kier alpha value is -3.88. The molecular formula is C30H37N3O10. The molecule has 0 aliphatic heterocycles. The highest BCUT2D eigenvalue weighted by Gasteiger charge is 2.48. The molecule has 5 atom stereocenters. The largest absolute Gasteiger partial charge is 0.507 e. The van der Waals surface area contributed by atoms with Crippen LogP contribution in [0.5, 0.6) is 17.2 Å². The first-order valence-electron chi connectivity index (χ1n) is 13.9. The lowest BCUT2D eigenvalue weighted by molar-refractivity contribution is -0.109. The Morgan fingerprint density at radius 3 is 2.44 bits per heavy atom. The standard InChI is InChI=1S/C30H37N3O10/c1-13(2)25(36)17(31)8-14(3)43-19-10-30(41,20(11-34)33-32-12-35)9-16-22(19)29(40)24-23(27(16)38)26(37)15-6-5-7-18(42-4)21(15)28(24)39/h5-7,12-14,17,19,25,34,36,38,40-41H,8-11,31H2,1-4H3,(H,32,35)/b33-20+/t14?,17?,19-,25?,30-/m0/s1. The molecule has 4 rings (SSSR count). The van der Waals surface area contributed by atoms with Crippen LogP contribution in [0.25, 0.3) is 0 Å². The van der Waals surface area contributed by atoms with Crippen LogP contribution in [0.3, 0.4) is 0 Å². The van der Waals surface area contributed by atoms with Crippen LogP contribution in [-0.2, 0) is 16.0 Å². The van der Waals surface area contributed by atoms with Crippen LogP contribution in [-0.4, -0.2) is 86.8 Å². The van der Waals surface area contributed by atoms with Crippen molar-refractivity contribution in [1.82, 2.24) is 5.43 Å². The smallest absolute Gasteiger partial charge is 0.227 e. The summed E-state index contributed by atoms with van der Waals surface area (Å²) in [4.78, 5) is 38.3. The summed E-state index contributed by atoms with van der Waals surface area (Å²) in [5, 5.41) is 59.1. The maximum atomic E-state index is 13.8. The number of nitrogens with one attached hydrogen (secondary N) is 1. The number of carbonyl (C=O) groups excluding carboxylic acids is 3. The number of fused-ring (bicyclic) bond motifs is 3. The fourth-order valence-corrected chi connectivity index (χ4v) is 6.00. The third-order valence-electron chi connectivity index (χ3n) is 8.14. The Labute approximate surface area is 247 Å². The van der Waals surface area contributed by atoms with Gasteiger partial charge in [0.25, 0.3) is 0 Å². The van der Waals surface area contributed by atoms with Gasteiger partial charge in [-0.1, -0.05) is 26.0 Å².